The molecule has 0 unspecified atom stereocenters. The van der Waals surface area contributed by atoms with Crippen molar-refractivity contribution >= 4 is 27.5 Å². The smallest absolute Gasteiger partial charge is 0.268 e. The molecular weight excluding hydrogens is 374 g/mol. The van der Waals surface area contributed by atoms with Crippen molar-refractivity contribution in [3.63, 3.8) is 0 Å². The Morgan fingerprint density at radius 2 is 2.00 bits per heavy atom. The van der Waals surface area contributed by atoms with Crippen molar-refractivity contribution in [1.82, 2.24) is 14.8 Å². The van der Waals surface area contributed by atoms with E-state index >= 15 is 0 Å². The van der Waals surface area contributed by atoms with E-state index in [-0.39, 0.29) is 17.4 Å². The standard InChI is InChI=1S/C21H31N3O3S/c1-13(2)24-20(27)17(18(25)16-9-12-28-21(16)24)19(26)22-10-6-11-23-14(3)7-5-8-15(23)4/h9,12-15,25H,5-8,10-11H2,1-4H3,(H,22,26)/t14-,15+. The quantitative estimate of drug-likeness (QED) is 0.718. The van der Waals surface area contributed by atoms with E-state index in [9.17, 15) is 14.7 Å². The average molecular weight is 406 g/mol. The van der Waals surface area contributed by atoms with E-state index < -0.39 is 11.5 Å². The van der Waals surface area contributed by atoms with Gasteiger partial charge in [0.15, 0.2) is 0 Å². The number of carbonyl (C=O) groups excluding carboxylic acids is 1. The first-order valence-electron chi connectivity index (χ1n) is 10.2. The van der Waals surface area contributed by atoms with Crippen molar-refractivity contribution in [2.75, 3.05) is 13.1 Å². The van der Waals surface area contributed by atoms with E-state index in [2.05, 4.69) is 24.1 Å². The van der Waals surface area contributed by atoms with Crippen LogP contribution in [0.5, 0.6) is 5.75 Å². The summed E-state index contributed by atoms with van der Waals surface area (Å²) in [7, 11) is 0. The van der Waals surface area contributed by atoms with Gasteiger partial charge >= 0.3 is 0 Å². The molecule has 2 aromatic rings. The third-order valence-corrected chi connectivity index (χ3v) is 6.70. The van der Waals surface area contributed by atoms with Crippen LogP contribution in [-0.4, -0.2) is 45.7 Å². The summed E-state index contributed by atoms with van der Waals surface area (Å²) in [5, 5.41) is 15.8. The van der Waals surface area contributed by atoms with Gasteiger partial charge in [-0.15, -0.1) is 11.3 Å². The highest BCUT2D eigenvalue weighted by Crippen LogP contribution is 2.31. The number of fused-ring (bicyclic) bond motifs is 1. The Hall–Kier alpha value is -1.86. The largest absolute Gasteiger partial charge is 0.506 e. The first-order chi connectivity index (χ1) is 13.3. The number of aromatic hydroxyl groups is 1. The number of likely N-dealkylation sites (tertiary alicyclic amines) is 1. The second-order valence-corrected chi connectivity index (χ2v) is 9.00. The number of nitrogens with zero attached hydrogens (tertiary/aromatic N) is 2. The van der Waals surface area contributed by atoms with Gasteiger partial charge < -0.3 is 10.4 Å². The fourth-order valence-electron chi connectivity index (χ4n) is 4.26. The number of rotatable bonds is 6. The van der Waals surface area contributed by atoms with E-state index in [1.54, 1.807) is 10.6 Å². The normalized spacial score (nSPS) is 20.8. The first kappa shape index (κ1) is 20.9. The molecule has 6 nitrogen and oxygen atoms in total. The van der Waals surface area contributed by atoms with Gasteiger partial charge in [0.2, 0.25) is 0 Å². The van der Waals surface area contributed by atoms with Crippen molar-refractivity contribution in [3.8, 4) is 5.75 Å². The van der Waals surface area contributed by atoms with Gasteiger partial charge in [0, 0.05) is 31.2 Å². The molecule has 7 heteroatoms. The van der Waals surface area contributed by atoms with E-state index in [0.29, 0.717) is 28.8 Å². The van der Waals surface area contributed by atoms with Crippen LogP contribution in [0.1, 0.15) is 69.8 Å². The zero-order valence-corrected chi connectivity index (χ0v) is 18.0. The Bertz CT molecular complexity index is 892. The molecule has 0 spiro atoms. The summed E-state index contributed by atoms with van der Waals surface area (Å²) in [6.45, 7) is 9.74. The third kappa shape index (κ3) is 3.96. The van der Waals surface area contributed by atoms with Crippen molar-refractivity contribution < 1.29 is 9.90 Å². The molecule has 1 saturated heterocycles. The van der Waals surface area contributed by atoms with Gasteiger partial charge in [-0.3, -0.25) is 19.1 Å². The van der Waals surface area contributed by atoms with Gasteiger partial charge in [-0.1, -0.05) is 6.42 Å². The summed E-state index contributed by atoms with van der Waals surface area (Å²) in [6.07, 6.45) is 4.54. The van der Waals surface area contributed by atoms with Gasteiger partial charge in [0.1, 0.15) is 16.1 Å². The lowest BCUT2D eigenvalue weighted by Crippen LogP contribution is -2.45. The molecule has 0 aliphatic carbocycles. The van der Waals surface area contributed by atoms with E-state index in [0.717, 1.165) is 13.0 Å². The number of aromatic nitrogens is 1. The highest BCUT2D eigenvalue weighted by molar-refractivity contribution is 7.16. The topological polar surface area (TPSA) is 74.6 Å². The molecule has 0 saturated carbocycles. The Balaban J connectivity index is 1.71. The molecule has 3 heterocycles. The molecule has 2 aromatic heterocycles. The molecule has 28 heavy (non-hydrogen) atoms. The Morgan fingerprint density at radius 3 is 2.64 bits per heavy atom. The van der Waals surface area contributed by atoms with Crippen LogP contribution in [0.25, 0.3) is 10.2 Å². The Labute approximate surface area is 170 Å². The number of thiophene rings is 1. The molecule has 1 amide bonds. The molecule has 1 fully saturated rings. The van der Waals surface area contributed by atoms with Crippen molar-refractivity contribution in [3.05, 3.63) is 27.4 Å². The monoisotopic (exact) mass is 405 g/mol. The number of carbonyl (C=O) groups is 1. The Morgan fingerprint density at radius 1 is 1.32 bits per heavy atom. The molecule has 0 aromatic carbocycles. The van der Waals surface area contributed by atoms with Gasteiger partial charge in [-0.25, -0.2) is 0 Å². The number of hydrogen-bond acceptors (Lipinski definition) is 5. The van der Waals surface area contributed by atoms with E-state index in [1.165, 1.54) is 30.6 Å². The number of pyridine rings is 1. The van der Waals surface area contributed by atoms with Crippen LogP contribution >= 0.6 is 11.3 Å². The summed E-state index contributed by atoms with van der Waals surface area (Å²) >= 11 is 1.39. The van der Waals surface area contributed by atoms with Crippen LogP contribution in [0.4, 0.5) is 0 Å². The molecule has 1 aliphatic heterocycles. The van der Waals surface area contributed by atoms with Crippen LogP contribution in [-0.2, 0) is 0 Å². The molecular formula is C21H31N3O3S. The number of amides is 1. The van der Waals surface area contributed by atoms with Crippen LogP contribution in [0, 0.1) is 0 Å². The third-order valence-electron chi connectivity index (χ3n) is 5.79. The highest BCUT2D eigenvalue weighted by Gasteiger charge is 2.25. The van der Waals surface area contributed by atoms with Gasteiger partial charge in [0.05, 0.1) is 5.39 Å². The van der Waals surface area contributed by atoms with Crippen LogP contribution in [0.2, 0.25) is 0 Å². The molecule has 1 aliphatic rings. The van der Waals surface area contributed by atoms with Gasteiger partial charge in [0.25, 0.3) is 11.5 Å². The summed E-state index contributed by atoms with van der Waals surface area (Å²) in [5.41, 5.74) is -0.586. The zero-order valence-electron chi connectivity index (χ0n) is 17.2. The molecule has 0 bridgehead atoms. The lowest BCUT2D eigenvalue weighted by atomic mass is 9.97. The minimum Gasteiger partial charge on any atom is -0.506 e. The van der Waals surface area contributed by atoms with Crippen molar-refractivity contribution in [2.24, 2.45) is 0 Å². The van der Waals surface area contributed by atoms with Crippen molar-refractivity contribution in [2.45, 2.75) is 71.5 Å². The minimum atomic E-state index is -0.496. The van der Waals surface area contributed by atoms with Crippen LogP contribution in [0.15, 0.2) is 16.2 Å². The maximum absolute atomic E-state index is 12.9. The maximum atomic E-state index is 12.9. The molecule has 154 valence electrons. The van der Waals surface area contributed by atoms with Gasteiger partial charge in [-0.2, -0.15) is 0 Å². The van der Waals surface area contributed by atoms with Crippen LogP contribution in [0.3, 0.4) is 0 Å². The lowest BCUT2D eigenvalue weighted by molar-refractivity contribution is 0.0922. The summed E-state index contributed by atoms with van der Waals surface area (Å²) in [6, 6.07) is 2.80. The van der Waals surface area contributed by atoms with E-state index in [4.69, 9.17) is 0 Å². The summed E-state index contributed by atoms with van der Waals surface area (Å²) in [4.78, 5) is 28.8. The van der Waals surface area contributed by atoms with Crippen LogP contribution < -0.4 is 10.9 Å². The lowest BCUT2D eigenvalue weighted by Gasteiger charge is -2.39. The second kappa shape index (κ2) is 8.66. The maximum Gasteiger partial charge on any atom is 0.268 e. The fraction of sp³-hybridized carbons (Fsp3) is 0.619. The average Bonchev–Trinajstić information content (AvgIpc) is 3.10. The first-order valence-corrected chi connectivity index (χ1v) is 11.1. The zero-order chi connectivity index (χ0) is 20.4. The molecule has 2 atom stereocenters. The molecule has 3 rings (SSSR count). The minimum absolute atomic E-state index is 0.0946. The van der Waals surface area contributed by atoms with Gasteiger partial charge in [-0.05, 0) is 58.4 Å². The fourth-order valence-corrected chi connectivity index (χ4v) is 5.29. The molecule has 0 radical (unpaired) electrons. The highest BCUT2D eigenvalue weighted by atomic mass is 32.1. The number of nitrogens with one attached hydrogen (secondary N) is 1. The number of hydrogen-bond donors (Lipinski definition) is 2. The summed E-state index contributed by atoms with van der Waals surface area (Å²) < 4.78 is 1.59. The second-order valence-electron chi connectivity index (χ2n) is 8.11. The van der Waals surface area contributed by atoms with E-state index in [1.807, 2.05) is 19.2 Å². The molecule has 2 N–H and O–H groups in total. The predicted molar refractivity (Wildman–Crippen MR) is 115 cm³/mol. The van der Waals surface area contributed by atoms with Crippen molar-refractivity contribution in [1.29, 1.82) is 0 Å². The predicted octanol–water partition coefficient (Wildman–Crippen LogP) is 3.73. The Kier molecular flexibility index (Phi) is 6.45. The SMILES string of the molecule is CC(C)n1c(=O)c(C(=O)NCCCN2[C@H](C)CCC[C@@H]2C)c(O)c2ccsc21. The summed E-state index contributed by atoms with van der Waals surface area (Å²) in [5.74, 6) is -0.710. The number of piperidine rings is 1.